The zero-order valence-electron chi connectivity index (χ0n) is 13.2. The van der Waals surface area contributed by atoms with Crippen molar-refractivity contribution in [3.63, 3.8) is 0 Å². The highest BCUT2D eigenvalue weighted by Gasteiger charge is 2.40. The number of hydrogen-bond donors (Lipinski definition) is 0. The Balaban J connectivity index is 1.92. The van der Waals surface area contributed by atoms with Crippen molar-refractivity contribution < 1.29 is 19.1 Å². The van der Waals surface area contributed by atoms with Gasteiger partial charge in [-0.15, -0.1) is 0 Å². The topological polar surface area (TPSA) is 55.8 Å². The average Bonchev–Trinajstić information content (AvgIpc) is 2.62. The molecule has 1 aliphatic heterocycles. The van der Waals surface area contributed by atoms with Crippen LogP contribution < -0.4 is 0 Å². The first-order valence-corrected chi connectivity index (χ1v) is 7.90. The second kappa shape index (κ2) is 6.96. The number of allylic oxidation sites excluding steroid dienone is 2. The zero-order chi connectivity index (χ0) is 16.2. The molecule has 1 aromatic rings. The molecule has 122 valence electrons. The summed E-state index contributed by atoms with van der Waals surface area (Å²) < 4.78 is 10.2. The molecule has 0 spiro atoms. The average molecular weight is 315 g/mol. The summed E-state index contributed by atoms with van der Waals surface area (Å²) in [5.41, 5.74) is 1.99. The van der Waals surface area contributed by atoms with Gasteiger partial charge in [-0.3, -0.25) is 9.59 Å². The molecule has 0 saturated carbocycles. The van der Waals surface area contributed by atoms with Crippen molar-refractivity contribution in [3.05, 3.63) is 47.7 Å². The Labute approximate surface area is 135 Å². The van der Waals surface area contributed by atoms with Gasteiger partial charge in [-0.2, -0.15) is 0 Å². The Bertz CT molecular complexity index is 605. The van der Waals surface area contributed by atoms with E-state index in [4.69, 9.17) is 9.47 Å². The smallest absolute Gasteiger partial charge is 0.317 e. The summed E-state index contributed by atoms with van der Waals surface area (Å²) in [6, 6.07) is 9.73. The van der Waals surface area contributed by atoms with Gasteiger partial charge in [0, 0.05) is 30.8 Å². The third kappa shape index (κ3) is 3.29. The molecule has 5 heteroatoms. The maximum atomic E-state index is 12.6. The molecule has 0 N–H and O–H groups in total. The zero-order valence-corrected chi connectivity index (χ0v) is 13.2. The number of carbonyl (C=O) groups excluding carboxylic acids is 2. The molecule has 3 rings (SSSR count). The highest BCUT2D eigenvalue weighted by Crippen LogP contribution is 2.37. The van der Waals surface area contributed by atoms with E-state index in [0.29, 0.717) is 19.6 Å². The van der Waals surface area contributed by atoms with Crippen molar-refractivity contribution in [3.8, 4) is 0 Å². The van der Waals surface area contributed by atoms with E-state index in [0.717, 1.165) is 24.4 Å². The number of rotatable bonds is 3. The van der Waals surface area contributed by atoms with E-state index < -0.39 is 11.9 Å². The minimum Gasteiger partial charge on any atom is -0.468 e. The van der Waals surface area contributed by atoms with Crippen molar-refractivity contribution in [1.82, 2.24) is 4.90 Å². The van der Waals surface area contributed by atoms with Crippen LogP contribution in [0.4, 0.5) is 0 Å². The Kier molecular flexibility index (Phi) is 4.76. The van der Waals surface area contributed by atoms with Crippen molar-refractivity contribution in [2.75, 3.05) is 33.4 Å². The summed E-state index contributed by atoms with van der Waals surface area (Å²) in [7, 11) is 1.33. The Morgan fingerprint density at radius 1 is 1.22 bits per heavy atom. The van der Waals surface area contributed by atoms with Crippen molar-refractivity contribution in [1.29, 1.82) is 0 Å². The third-order valence-electron chi connectivity index (χ3n) is 4.55. The van der Waals surface area contributed by atoms with Crippen LogP contribution in [0.3, 0.4) is 0 Å². The lowest BCUT2D eigenvalue weighted by molar-refractivity contribution is -0.149. The number of ketones is 1. The van der Waals surface area contributed by atoms with Crippen molar-refractivity contribution in [2.45, 2.75) is 12.3 Å². The van der Waals surface area contributed by atoms with Crippen LogP contribution in [-0.2, 0) is 19.1 Å². The first kappa shape index (κ1) is 15.7. The molecule has 23 heavy (non-hydrogen) atoms. The molecule has 1 fully saturated rings. The fourth-order valence-electron chi connectivity index (χ4n) is 3.34. The van der Waals surface area contributed by atoms with Crippen LogP contribution in [-0.4, -0.2) is 50.1 Å². The molecule has 2 aliphatic rings. The summed E-state index contributed by atoms with van der Waals surface area (Å²) in [4.78, 5) is 26.9. The lowest BCUT2D eigenvalue weighted by Crippen LogP contribution is -2.41. The van der Waals surface area contributed by atoms with Gasteiger partial charge in [0.25, 0.3) is 0 Å². The van der Waals surface area contributed by atoms with E-state index >= 15 is 0 Å². The predicted molar refractivity (Wildman–Crippen MR) is 84.8 cm³/mol. The molecule has 2 atom stereocenters. The van der Waals surface area contributed by atoms with Gasteiger partial charge in [-0.05, 0) is 12.0 Å². The van der Waals surface area contributed by atoms with Crippen LogP contribution in [0, 0.1) is 5.92 Å². The molecule has 0 bridgehead atoms. The molecular weight excluding hydrogens is 294 g/mol. The number of hydrogen-bond acceptors (Lipinski definition) is 5. The molecule has 0 radical (unpaired) electrons. The standard InChI is InChI=1S/C18H21NO4/c1-22-18(21)17-15(13-5-3-2-4-6-13)11-14(12-16(17)20)19-7-9-23-10-8-19/h2-6,12,15,17H,7-11H2,1H3/t15-,17-/m0/s1. The number of esters is 1. The molecule has 1 saturated heterocycles. The van der Waals surface area contributed by atoms with Gasteiger partial charge in [0.05, 0.1) is 20.3 Å². The molecule has 0 unspecified atom stereocenters. The van der Waals surface area contributed by atoms with E-state index in [2.05, 4.69) is 4.90 Å². The highest BCUT2D eigenvalue weighted by atomic mass is 16.5. The minimum absolute atomic E-state index is 0.168. The summed E-state index contributed by atoms with van der Waals surface area (Å²) in [6.45, 7) is 2.90. The molecular formula is C18H21NO4. The molecule has 5 nitrogen and oxygen atoms in total. The van der Waals surface area contributed by atoms with Crippen LogP contribution in [0.1, 0.15) is 17.9 Å². The fraction of sp³-hybridized carbons (Fsp3) is 0.444. The summed E-state index contributed by atoms with van der Waals surface area (Å²) >= 11 is 0. The monoisotopic (exact) mass is 315 g/mol. The van der Waals surface area contributed by atoms with Crippen LogP contribution in [0.25, 0.3) is 0 Å². The van der Waals surface area contributed by atoms with E-state index in [9.17, 15) is 9.59 Å². The molecule has 0 amide bonds. The second-order valence-corrected chi connectivity index (χ2v) is 5.86. The van der Waals surface area contributed by atoms with E-state index in [1.807, 2.05) is 30.3 Å². The Morgan fingerprint density at radius 3 is 2.57 bits per heavy atom. The van der Waals surface area contributed by atoms with Gasteiger partial charge in [0.2, 0.25) is 0 Å². The van der Waals surface area contributed by atoms with Gasteiger partial charge in [-0.25, -0.2) is 0 Å². The first-order chi connectivity index (χ1) is 11.2. The number of methoxy groups -OCH3 is 1. The number of carbonyl (C=O) groups is 2. The highest BCUT2D eigenvalue weighted by molar-refractivity contribution is 6.07. The summed E-state index contributed by atoms with van der Waals surface area (Å²) in [6.07, 6.45) is 2.28. The van der Waals surface area contributed by atoms with Crippen LogP contribution >= 0.6 is 0 Å². The van der Waals surface area contributed by atoms with Crippen LogP contribution in [0.2, 0.25) is 0 Å². The van der Waals surface area contributed by atoms with Crippen LogP contribution in [0.5, 0.6) is 0 Å². The lowest BCUT2D eigenvalue weighted by Gasteiger charge is -2.36. The molecule has 1 aromatic carbocycles. The Morgan fingerprint density at radius 2 is 1.91 bits per heavy atom. The maximum Gasteiger partial charge on any atom is 0.317 e. The van der Waals surface area contributed by atoms with Gasteiger partial charge in [0.1, 0.15) is 5.92 Å². The normalized spacial score (nSPS) is 25.0. The quantitative estimate of drug-likeness (QED) is 0.628. The first-order valence-electron chi connectivity index (χ1n) is 7.90. The number of ether oxygens (including phenoxy) is 2. The predicted octanol–water partition coefficient (Wildman–Crippen LogP) is 1.75. The van der Waals surface area contributed by atoms with Gasteiger partial charge in [0.15, 0.2) is 5.78 Å². The van der Waals surface area contributed by atoms with Gasteiger partial charge < -0.3 is 14.4 Å². The van der Waals surface area contributed by atoms with Gasteiger partial charge in [-0.1, -0.05) is 30.3 Å². The minimum atomic E-state index is -0.757. The molecule has 1 aliphatic carbocycles. The number of benzene rings is 1. The molecule has 1 heterocycles. The van der Waals surface area contributed by atoms with Crippen molar-refractivity contribution in [2.24, 2.45) is 5.92 Å². The van der Waals surface area contributed by atoms with E-state index in [1.54, 1.807) is 6.08 Å². The van der Waals surface area contributed by atoms with Crippen molar-refractivity contribution >= 4 is 11.8 Å². The third-order valence-corrected chi connectivity index (χ3v) is 4.55. The van der Waals surface area contributed by atoms with Gasteiger partial charge >= 0.3 is 5.97 Å². The maximum absolute atomic E-state index is 12.6. The summed E-state index contributed by atoms with van der Waals surface area (Å²) in [5, 5.41) is 0. The van der Waals surface area contributed by atoms with E-state index in [1.165, 1.54) is 7.11 Å². The second-order valence-electron chi connectivity index (χ2n) is 5.86. The largest absolute Gasteiger partial charge is 0.468 e. The fourth-order valence-corrected chi connectivity index (χ4v) is 3.34. The molecule has 0 aromatic heterocycles. The Hall–Kier alpha value is -2.14. The lowest BCUT2D eigenvalue weighted by atomic mass is 9.76. The number of nitrogens with zero attached hydrogens (tertiary/aromatic N) is 1. The van der Waals surface area contributed by atoms with Crippen LogP contribution in [0.15, 0.2) is 42.1 Å². The SMILES string of the molecule is COC(=O)[C@@H]1C(=O)C=C(N2CCOCC2)C[C@H]1c1ccccc1. The number of morpholine rings is 1. The summed E-state index contributed by atoms with van der Waals surface area (Å²) in [5.74, 6) is -1.56. The van der Waals surface area contributed by atoms with E-state index in [-0.39, 0.29) is 11.7 Å².